The molecule has 2 aliphatic rings. The van der Waals surface area contributed by atoms with Crippen LogP contribution in [0.1, 0.15) is 40.5 Å². The number of alkyl halides is 1. The van der Waals surface area contributed by atoms with E-state index >= 15 is 0 Å². The molecule has 4 N–H and O–H groups in total. The lowest BCUT2D eigenvalue weighted by molar-refractivity contribution is -0.205. The molecular weight excluding hydrogens is 512 g/mol. The van der Waals surface area contributed by atoms with Gasteiger partial charge in [-0.3, -0.25) is 14.5 Å². The summed E-state index contributed by atoms with van der Waals surface area (Å²) in [6.07, 6.45) is 1.55. The van der Waals surface area contributed by atoms with E-state index in [0.29, 0.717) is 12.7 Å². The van der Waals surface area contributed by atoms with Gasteiger partial charge < -0.3 is 30.1 Å². The third kappa shape index (κ3) is 7.93. The number of allylic oxidation sites excluding steroid dienone is 2. The Labute approximate surface area is 221 Å². The van der Waals surface area contributed by atoms with Crippen LogP contribution in [0.4, 0.5) is 4.79 Å². The maximum absolute atomic E-state index is 13.5. The summed E-state index contributed by atoms with van der Waals surface area (Å²) in [5.74, 6) is -0.549. The molecule has 0 bridgehead atoms. The Hall–Kier alpha value is -1.63. The number of nitrogens with one attached hydrogen (secondary N) is 1. The number of ether oxygens (including phenoxy) is 2. The average molecular weight is 549 g/mol. The van der Waals surface area contributed by atoms with E-state index in [0.717, 1.165) is 17.3 Å². The first-order valence-corrected chi connectivity index (χ1v) is 13.5. The summed E-state index contributed by atoms with van der Waals surface area (Å²) in [5.41, 5.74) is -0.830. The number of thioether (sulfide) groups is 1. The first kappa shape index (κ1) is 30.6. The van der Waals surface area contributed by atoms with Crippen molar-refractivity contribution in [2.45, 2.75) is 93.5 Å². The number of aliphatic hydroxyl groups is 3. The topological polar surface area (TPSA) is 146 Å². The number of aldehydes is 1. The van der Waals surface area contributed by atoms with Crippen molar-refractivity contribution in [3.8, 4) is 0 Å². The van der Waals surface area contributed by atoms with Crippen LogP contribution in [0.3, 0.4) is 0 Å². The SMILES string of the molecule is CS[C@H]1O[C@H]([C@H](NC(=O)[C@@H]2CC=C(/C=C/C=O)CCN2C(=O)OC(C)(C)C)[C@H](C)Cl)[C@H](O)[C@H](O)[C@H]1O. The quantitative estimate of drug-likeness (QED) is 0.210. The second-order valence-corrected chi connectivity index (χ2v) is 11.5. The first-order valence-electron chi connectivity index (χ1n) is 11.8. The molecule has 0 aromatic heterocycles. The molecule has 0 aromatic rings. The van der Waals surface area contributed by atoms with E-state index in [1.54, 1.807) is 46.1 Å². The minimum Gasteiger partial charge on any atom is -0.444 e. The lowest BCUT2D eigenvalue weighted by Crippen LogP contribution is -2.65. The molecule has 0 unspecified atom stereocenters. The van der Waals surface area contributed by atoms with Crippen molar-refractivity contribution in [3.63, 3.8) is 0 Å². The van der Waals surface area contributed by atoms with Gasteiger partial charge in [-0.05, 0) is 52.9 Å². The van der Waals surface area contributed by atoms with Gasteiger partial charge in [0.25, 0.3) is 0 Å². The molecule has 12 heteroatoms. The molecule has 204 valence electrons. The Bertz CT molecular complexity index is 844. The molecule has 10 nitrogen and oxygen atoms in total. The zero-order valence-corrected chi connectivity index (χ0v) is 22.7. The van der Waals surface area contributed by atoms with Gasteiger partial charge in [-0.15, -0.1) is 23.4 Å². The Morgan fingerprint density at radius 3 is 2.50 bits per heavy atom. The van der Waals surface area contributed by atoms with Crippen LogP contribution >= 0.6 is 23.4 Å². The Balaban J connectivity index is 2.32. The summed E-state index contributed by atoms with van der Waals surface area (Å²) in [6, 6.07) is -1.92. The molecule has 1 saturated heterocycles. The highest BCUT2D eigenvalue weighted by molar-refractivity contribution is 7.99. The summed E-state index contributed by atoms with van der Waals surface area (Å²) < 4.78 is 11.3. The monoisotopic (exact) mass is 548 g/mol. The molecule has 0 spiro atoms. The maximum atomic E-state index is 13.5. The second-order valence-electron chi connectivity index (χ2n) is 9.84. The molecule has 2 aliphatic heterocycles. The highest BCUT2D eigenvalue weighted by Gasteiger charge is 2.48. The fourth-order valence-corrected chi connectivity index (χ4v) is 4.97. The number of aliphatic hydroxyl groups excluding tert-OH is 3. The van der Waals surface area contributed by atoms with Crippen LogP contribution < -0.4 is 5.32 Å². The molecule has 0 saturated carbocycles. The van der Waals surface area contributed by atoms with Crippen LogP contribution in [0.25, 0.3) is 0 Å². The molecule has 2 rings (SSSR count). The fourth-order valence-electron chi connectivity index (χ4n) is 4.08. The van der Waals surface area contributed by atoms with Gasteiger partial charge >= 0.3 is 6.09 Å². The van der Waals surface area contributed by atoms with Gasteiger partial charge in [-0.2, -0.15) is 0 Å². The normalized spacial score (nSPS) is 31.2. The number of hydrogen-bond donors (Lipinski definition) is 4. The van der Waals surface area contributed by atoms with E-state index in [9.17, 15) is 29.7 Å². The Kier molecular flexibility index (Phi) is 11.3. The lowest BCUT2D eigenvalue weighted by atomic mass is 9.93. The number of carbonyl (C=O) groups is 3. The third-order valence-corrected chi connectivity index (χ3v) is 7.06. The van der Waals surface area contributed by atoms with Gasteiger partial charge in [0.05, 0.1) is 11.4 Å². The van der Waals surface area contributed by atoms with Gasteiger partial charge in [0, 0.05) is 6.54 Å². The van der Waals surface area contributed by atoms with Crippen molar-refractivity contribution < 1.29 is 39.2 Å². The molecule has 2 heterocycles. The Morgan fingerprint density at radius 2 is 1.94 bits per heavy atom. The van der Waals surface area contributed by atoms with E-state index in [1.807, 2.05) is 0 Å². The number of nitrogens with zero attached hydrogens (tertiary/aromatic N) is 1. The maximum Gasteiger partial charge on any atom is 0.410 e. The second kappa shape index (κ2) is 13.3. The van der Waals surface area contributed by atoms with E-state index in [4.69, 9.17) is 21.1 Å². The standard InChI is InChI=1S/C24H37ClN2O8S/c1-13(25)16(20-18(30)17(29)19(31)22(34-20)36-5)26-21(32)15-9-8-14(7-6-12-28)10-11-27(15)23(33)35-24(2,3)4/h6-8,12-13,15-20,22,29-31H,9-11H2,1-5H3,(H,26,32)/b7-6+/t13-,15-,16+,17-,18+,19+,20+,22+/m0/s1. The van der Waals surface area contributed by atoms with Crippen molar-refractivity contribution in [1.82, 2.24) is 10.2 Å². The molecule has 0 aromatic carbocycles. The van der Waals surface area contributed by atoms with Crippen molar-refractivity contribution >= 4 is 41.6 Å². The van der Waals surface area contributed by atoms with Crippen LogP contribution in [-0.2, 0) is 19.1 Å². The molecule has 0 radical (unpaired) electrons. The third-order valence-electron chi connectivity index (χ3n) is 5.94. The smallest absolute Gasteiger partial charge is 0.410 e. The van der Waals surface area contributed by atoms with Gasteiger partial charge in [0.15, 0.2) is 0 Å². The molecular formula is C24H37ClN2O8S. The van der Waals surface area contributed by atoms with Crippen LogP contribution in [-0.4, -0.2) is 104 Å². The number of rotatable bonds is 7. The molecule has 1 fully saturated rings. The van der Waals surface area contributed by atoms with Gasteiger partial charge in [-0.25, -0.2) is 4.79 Å². The summed E-state index contributed by atoms with van der Waals surface area (Å²) >= 11 is 7.53. The van der Waals surface area contributed by atoms with E-state index in [2.05, 4.69) is 5.32 Å². The number of halogens is 1. The number of carbonyl (C=O) groups excluding carboxylic acids is 3. The summed E-state index contributed by atoms with van der Waals surface area (Å²) in [6.45, 7) is 6.95. The first-order chi connectivity index (χ1) is 16.8. The minimum atomic E-state index is -1.51. The average Bonchev–Trinajstić information content (AvgIpc) is 3.01. The van der Waals surface area contributed by atoms with Crippen LogP contribution in [0, 0.1) is 0 Å². The lowest BCUT2D eigenvalue weighted by Gasteiger charge is -2.44. The molecule has 2 amide bonds. The molecule has 0 aliphatic carbocycles. The predicted molar refractivity (Wildman–Crippen MR) is 137 cm³/mol. The van der Waals surface area contributed by atoms with Crippen LogP contribution in [0.2, 0.25) is 0 Å². The summed E-state index contributed by atoms with van der Waals surface area (Å²) in [4.78, 5) is 38.6. The van der Waals surface area contributed by atoms with Crippen molar-refractivity contribution in [2.75, 3.05) is 12.8 Å². The van der Waals surface area contributed by atoms with Crippen LogP contribution in [0.15, 0.2) is 23.8 Å². The summed E-state index contributed by atoms with van der Waals surface area (Å²) in [5, 5.41) is 33.2. The number of hydrogen-bond acceptors (Lipinski definition) is 9. The predicted octanol–water partition coefficient (Wildman–Crippen LogP) is 1.35. The van der Waals surface area contributed by atoms with Gasteiger partial charge in [-0.1, -0.05) is 17.7 Å². The van der Waals surface area contributed by atoms with Crippen LogP contribution in [0.5, 0.6) is 0 Å². The highest BCUT2D eigenvalue weighted by Crippen LogP contribution is 2.30. The highest BCUT2D eigenvalue weighted by atomic mass is 35.5. The largest absolute Gasteiger partial charge is 0.444 e. The zero-order chi connectivity index (χ0) is 27.2. The van der Waals surface area contributed by atoms with E-state index < -0.39 is 64.9 Å². The fraction of sp³-hybridized carbons (Fsp3) is 0.708. The van der Waals surface area contributed by atoms with Crippen molar-refractivity contribution in [3.05, 3.63) is 23.8 Å². The Morgan fingerprint density at radius 1 is 1.28 bits per heavy atom. The van der Waals surface area contributed by atoms with Crippen molar-refractivity contribution in [2.24, 2.45) is 0 Å². The van der Waals surface area contributed by atoms with Gasteiger partial charge in [0.1, 0.15) is 47.8 Å². The summed E-state index contributed by atoms with van der Waals surface area (Å²) in [7, 11) is 0. The number of amides is 2. The zero-order valence-electron chi connectivity index (χ0n) is 21.2. The molecule has 36 heavy (non-hydrogen) atoms. The molecule has 8 atom stereocenters. The van der Waals surface area contributed by atoms with Gasteiger partial charge in [0.2, 0.25) is 5.91 Å². The van der Waals surface area contributed by atoms with E-state index in [1.165, 1.54) is 11.0 Å². The minimum absolute atomic E-state index is 0.149. The van der Waals surface area contributed by atoms with E-state index in [-0.39, 0.29) is 13.0 Å². The van der Waals surface area contributed by atoms with Crippen molar-refractivity contribution in [1.29, 1.82) is 0 Å².